The predicted molar refractivity (Wildman–Crippen MR) is 120 cm³/mol. The summed E-state index contributed by atoms with van der Waals surface area (Å²) in [5.41, 5.74) is 4.03. The fraction of sp³-hybridized carbons (Fsp3) is 0.720. The largest absolute Gasteiger partial charge is 0.545 e. The molecule has 168 valence electrons. The Morgan fingerprint density at radius 1 is 0.759 bits per heavy atom. The summed E-state index contributed by atoms with van der Waals surface area (Å²) >= 11 is 0. The quantitative estimate of drug-likeness (QED) is 0.362. The zero-order valence-corrected chi connectivity index (χ0v) is 19.1. The summed E-state index contributed by atoms with van der Waals surface area (Å²) in [4.78, 5) is 10.5. The van der Waals surface area contributed by atoms with Gasteiger partial charge in [0, 0.05) is 0 Å². The van der Waals surface area contributed by atoms with Gasteiger partial charge in [-0.15, -0.1) is 0 Å². The number of aromatic carboxylic acids is 1. The summed E-state index contributed by atoms with van der Waals surface area (Å²) < 4.78 is 5.47. The molecule has 0 saturated carbocycles. The Balaban J connectivity index is 0.000000555. The fourth-order valence-electron chi connectivity index (χ4n) is 3.07. The van der Waals surface area contributed by atoms with E-state index in [2.05, 4.69) is 19.6 Å². The number of unbranched alkanes of at least 4 members (excludes halogenated alkanes) is 12. The third kappa shape index (κ3) is 18.2. The fourth-order valence-corrected chi connectivity index (χ4v) is 3.07. The summed E-state index contributed by atoms with van der Waals surface area (Å²) in [6.07, 6.45) is 18.9. The maximum absolute atomic E-state index is 10.5. The van der Waals surface area contributed by atoms with Crippen LogP contribution in [0.2, 0.25) is 0 Å². The second-order valence-electron chi connectivity index (χ2n) is 7.76. The molecule has 0 amide bonds. The first-order chi connectivity index (χ1) is 14.2. The van der Waals surface area contributed by atoms with Crippen molar-refractivity contribution < 1.29 is 20.4 Å². The molecule has 0 heterocycles. The van der Waals surface area contributed by atoms with Crippen LogP contribution in [0.4, 0.5) is 0 Å². The number of carbonyl (C=O) groups excluding carboxylic acids is 1. The first-order valence-corrected chi connectivity index (χ1v) is 11.9. The third-order valence-electron chi connectivity index (χ3n) is 4.96. The minimum atomic E-state index is -1.16. The van der Waals surface area contributed by atoms with Gasteiger partial charge in [0.2, 0.25) is 0 Å². The number of ether oxygens (including phenoxy) is 1. The number of carboxylic acids is 1. The maximum atomic E-state index is 10.5. The van der Waals surface area contributed by atoms with Crippen LogP contribution in [0.3, 0.4) is 0 Å². The summed E-state index contributed by atoms with van der Waals surface area (Å²) in [5, 5.41) is 10.5. The van der Waals surface area contributed by atoms with Crippen LogP contribution in [-0.2, 0) is 0 Å². The molecule has 0 radical (unpaired) electrons. The Labute approximate surface area is 179 Å². The molecule has 0 aromatic heterocycles. The maximum Gasteiger partial charge on any atom is 0.119 e. The molecular formula is C25H45NO3. The van der Waals surface area contributed by atoms with Gasteiger partial charge < -0.3 is 20.4 Å². The molecule has 1 rings (SSSR count). The van der Waals surface area contributed by atoms with E-state index in [-0.39, 0.29) is 5.56 Å². The normalized spacial score (nSPS) is 10.3. The first kappa shape index (κ1) is 27.5. The van der Waals surface area contributed by atoms with Gasteiger partial charge in [0.15, 0.2) is 0 Å². The van der Waals surface area contributed by atoms with Crippen LogP contribution in [0.1, 0.15) is 114 Å². The Morgan fingerprint density at radius 2 is 1.21 bits per heavy atom. The van der Waals surface area contributed by atoms with Gasteiger partial charge in [0.1, 0.15) is 5.75 Å². The molecule has 0 aliphatic carbocycles. The lowest BCUT2D eigenvalue weighted by atomic mass is 10.1. The highest BCUT2D eigenvalue weighted by atomic mass is 16.5. The summed E-state index contributed by atoms with van der Waals surface area (Å²) in [7, 11) is 0. The van der Waals surface area contributed by atoms with Crippen molar-refractivity contribution in [3.63, 3.8) is 0 Å². The zero-order valence-electron chi connectivity index (χ0n) is 19.1. The van der Waals surface area contributed by atoms with Crippen LogP contribution in [-0.4, -0.2) is 19.1 Å². The molecule has 0 spiro atoms. The molecule has 4 heteroatoms. The number of carboxylic acid groups (broad SMARTS) is 1. The second-order valence-corrected chi connectivity index (χ2v) is 7.76. The van der Waals surface area contributed by atoms with Crippen molar-refractivity contribution in [2.24, 2.45) is 0 Å². The minimum Gasteiger partial charge on any atom is -0.545 e. The minimum absolute atomic E-state index is 0.179. The molecule has 1 aromatic rings. The van der Waals surface area contributed by atoms with Crippen molar-refractivity contribution in [3.05, 3.63) is 29.8 Å². The van der Waals surface area contributed by atoms with Crippen molar-refractivity contribution in [1.29, 1.82) is 0 Å². The van der Waals surface area contributed by atoms with E-state index in [4.69, 9.17) is 4.74 Å². The standard InChI is InChI=1S/C13H18O3.C12H27N/c1-2-3-4-5-10-16-12-8-6-11(7-9-12)13(14)15;1-2-3-4-5-6-7-8-9-10-11-12-13/h6-9H,2-5,10H2,1H3,(H,14,15);2-13H2,1H3. The molecule has 1 aromatic carbocycles. The molecule has 0 saturated heterocycles. The van der Waals surface area contributed by atoms with E-state index in [9.17, 15) is 9.90 Å². The van der Waals surface area contributed by atoms with Crippen LogP contribution < -0.4 is 15.6 Å². The van der Waals surface area contributed by atoms with Crippen LogP contribution >= 0.6 is 0 Å². The number of benzene rings is 1. The molecule has 3 N–H and O–H groups in total. The van der Waals surface area contributed by atoms with Gasteiger partial charge in [-0.1, -0.05) is 84.5 Å². The number of hydrogen-bond acceptors (Lipinski definition) is 3. The van der Waals surface area contributed by atoms with Gasteiger partial charge in [0.05, 0.1) is 19.1 Å². The van der Waals surface area contributed by atoms with Crippen molar-refractivity contribution >= 4 is 5.97 Å². The number of hydrogen-bond donors (Lipinski definition) is 1. The van der Waals surface area contributed by atoms with Gasteiger partial charge in [-0.3, -0.25) is 0 Å². The van der Waals surface area contributed by atoms with Gasteiger partial charge in [-0.2, -0.15) is 0 Å². The van der Waals surface area contributed by atoms with E-state index in [0.717, 1.165) is 13.0 Å². The van der Waals surface area contributed by atoms with E-state index in [1.807, 2.05) is 0 Å². The van der Waals surface area contributed by atoms with Gasteiger partial charge >= 0.3 is 0 Å². The molecular weight excluding hydrogens is 362 g/mol. The average Bonchev–Trinajstić information content (AvgIpc) is 2.73. The van der Waals surface area contributed by atoms with Crippen LogP contribution in [0.5, 0.6) is 5.75 Å². The topological polar surface area (TPSA) is 77.0 Å². The number of quaternary nitrogens is 1. The Hall–Kier alpha value is -1.55. The predicted octanol–water partition coefficient (Wildman–Crippen LogP) is 5.16. The third-order valence-corrected chi connectivity index (χ3v) is 4.96. The molecule has 4 nitrogen and oxygen atoms in total. The van der Waals surface area contributed by atoms with Crippen LogP contribution in [0.25, 0.3) is 0 Å². The van der Waals surface area contributed by atoms with E-state index in [1.54, 1.807) is 12.1 Å². The highest BCUT2D eigenvalue weighted by molar-refractivity contribution is 5.85. The average molecular weight is 408 g/mol. The monoisotopic (exact) mass is 407 g/mol. The van der Waals surface area contributed by atoms with Crippen LogP contribution in [0.15, 0.2) is 24.3 Å². The molecule has 0 atom stereocenters. The van der Waals surface area contributed by atoms with E-state index in [1.165, 1.54) is 95.6 Å². The molecule has 0 aliphatic heterocycles. The van der Waals surface area contributed by atoms with Crippen molar-refractivity contribution in [2.75, 3.05) is 13.2 Å². The Morgan fingerprint density at radius 3 is 1.66 bits per heavy atom. The molecule has 29 heavy (non-hydrogen) atoms. The smallest absolute Gasteiger partial charge is 0.119 e. The second kappa shape index (κ2) is 21.2. The summed E-state index contributed by atoms with van der Waals surface area (Å²) in [6, 6.07) is 6.31. The Bertz CT molecular complexity index is 463. The summed E-state index contributed by atoms with van der Waals surface area (Å²) in [5.74, 6) is -0.448. The number of rotatable bonds is 17. The van der Waals surface area contributed by atoms with Gasteiger partial charge in [-0.05, 0) is 49.1 Å². The molecule has 0 aliphatic rings. The van der Waals surface area contributed by atoms with Crippen LogP contribution in [0, 0.1) is 0 Å². The molecule has 0 unspecified atom stereocenters. The Kier molecular flexibility index (Phi) is 20.0. The SMILES string of the molecule is CCCCCCCCCCCC[NH3+].CCCCCCOc1ccc(C(=O)[O-])cc1. The summed E-state index contributed by atoms with van der Waals surface area (Å²) in [6.45, 7) is 6.25. The van der Waals surface area contributed by atoms with E-state index >= 15 is 0 Å². The highest BCUT2D eigenvalue weighted by Crippen LogP contribution is 2.12. The van der Waals surface area contributed by atoms with Crippen molar-refractivity contribution in [1.82, 2.24) is 0 Å². The van der Waals surface area contributed by atoms with E-state index < -0.39 is 5.97 Å². The molecule has 0 fully saturated rings. The van der Waals surface area contributed by atoms with Crippen molar-refractivity contribution in [2.45, 2.75) is 104 Å². The number of carbonyl (C=O) groups is 1. The molecule has 0 bridgehead atoms. The highest BCUT2D eigenvalue weighted by Gasteiger charge is 1.96. The van der Waals surface area contributed by atoms with Crippen molar-refractivity contribution in [3.8, 4) is 5.75 Å². The lowest BCUT2D eigenvalue weighted by Gasteiger charge is -2.07. The lowest BCUT2D eigenvalue weighted by Crippen LogP contribution is -2.50. The zero-order chi connectivity index (χ0) is 21.6. The first-order valence-electron chi connectivity index (χ1n) is 11.9. The van der Waals surface area contributed by atoms with Gasteiger partial charge in [0.25, 0.3) is 0 Å². The lowest BCUT2D eigenvalue weighted by molar-refractivity contribution is -0.368. The van der Waals surface area contributed by atoms with E-state index in [0.29, 0.717) is 12.4 Å². The van der Waals surface area contributed by atoms with Gasteiger partial charge in [-0.25, -0.2) is 0 Å².